The van der Waals surface area contributed by atoms with Crippen molar-refractivity contribution < 1.29 is 19.4 Å². The molecule has 0 aliphatic carbocycles. The fourth-order valence-electron chi connectivity index (χ4n) is 4.41. The first-order chi connectivity index (χ1) is 15.9. The van der Waals surface area contributed by atoms with Crippen LogP contribution in [0.5, 0.6) is 5.75 Å². The lowest BCUT2D eigenvalue weighted by Gasteiger charge is -2.35. The van der Waals surface area contributed by atoms with Crippen LogP contribution in [0.25, 0.3) is 0 Å². The number of phenolic OH excluding ortho intramolecular Hbond substituents is 1. The van der Waals surface area contributed by atoms with Crippen molar-refractivity contribution in [2.75, 3.05) is 19.7 Å². The molecular weight excluding hydrogens is 465 g/mol. The molecule has 3 heterocycles. The van der Waals surface area contributed by atoms with E-state index in [1.54, 1.807) is 29.3 Å². The Hall–Kier alpha value is -3.03. The highest BCUT2D eigenvalue weighted by atomic mass is 35.5. The molecule has 0 spiro atoms. The molecule has 3 aliphatic rings. The first-order valence-corrected chi connectivity index (χ1v) is 11.4. The van der Waals surface area contributed by atoms with E-state index in [4.69, 9.17) is 27.9 Å². The average molecular weight is 486 g/mol. The van der Waals surface area contributed by atoms with Crippen molar-refractivity contribution in [2.45, 2.75) is 25.3 Å². The van der Waals surface area contributed by atoms with E-state index in [9.17, 15) is 14.7 Å². The molecule has 1 N–H and O–H groups in total. The van der Waals surface area contributed by atoms with Gasteiger partial charge in [0.05, 0.1) is 0 Å². The van der Waals surface area contributed by atoms with Crippen molar-refractivity contribution >= 4 is 41.2 Å². The van der Waals surface area contributed by atoms with E-state index in [2.05, 4.69) is 4.99 Å². The van der Waals surface area contributed by atoms with Crippen molar-refractivity contribution in [2.24, 2.45) is 4.99 Å². The zero-order valence-electron chi connectivity index (χ0n) is 17.6. The highest BCUT2D eigenvalue weighted by molar-refractivity contribution is 6.34. The van der Waals surface area contributed by atoms with E-state index >= 15 is 0 Å². The molecule has 2 aromatic carbocycles. The molecule has 170 valence electrons. The molecule has 0 saturated carbocycles. The van der Waals surface area contributed by atoms with Crippen LogP contribution in [0.1, 0.15) is 29.0 Å². The average Bonchev–Trinajstić information content (AvgIpc) is 2.79. The lowest BCUT2D eigenvalue weighted by molar-refractivity contribution is -0.143. The summed E-state index contributed by atoms with van der Waals surface area (Å²) in [6.07, 6.45) is 2.93. The van der Waals surface area contributed by atoms with Gasteiger partial charge in [-0.2, -0.15) is 0 Å². The molecule has 1 atom stereocenters. The molecule has 2 amide bonds. The Bertz CT molecular complexity index is 1190. The zero-order chi connectivity index (χ0) is 23.1. The molecule has 5 rings (SSSR count). The molecule has 3 aliphatic heterocycles. The van der Waals surface area contributed by atoms with Crippen LogP contribution in [0.15, 0.2) is 53.0 Å². The number of phenols is 1. The van der Waals surface area contributed by atoms with Gasteiger partial charge in [-0.1, -0.05) is 29.3 Å². The number of carbonyl (C=O) groups is 2. The summed E-state index contributed by atoms with van der Waals surface area (Å²) >= 11 is 12.3. The maximum Gasteiger partial charge on any atom is 0.266 e. The molecule has 1 unspecified atom stereocenters. The lowest BCUT2D eigenvalue weighted by atomic mass is 9.94. The Kier molecular flexibility index (Phi) is 5.76. The molecular formula is C24H21Cl2N3O4. The van der Waals surface area contributed by atoms with E-state index in [1.165, 1.54) is 4.90 Å². The number of amides is 2. The van der Waals surface area contributed by atoms with Crippen LogP contribution in [0.4, 0.5) is 0 Å². The Labute approximate surface area is 200 Å². The van der Waals surface area contributed by atoms with Gasteiger partial charge in [0.2, 0.25) is 5.91 Å². The molecule has 0 radical (unpaired) electrons. The third kappa shape index (κ3) is 4.43. The smallest absolute Gasteiger partial charge is 0.266 e. The van der Waals surface area contributed by atoms with E-state index < -0.39 is 0 Å². The van der Waals surface area contributed by atoms with Gasteiger partial charge in [-0.05, 0) is 53.4 Å². The first-order valence-electron chi connectivity index (χ1n) is 10.6. The summed E-state index contributed by atoms with van der Waals surface area (Å²) in [4.78, 5) is 33.3. The number of rotatable bonds is 3. The number of halogens is 2. The Morgan fingerprint density at radius 1 is 1.15 bits per heavy atom. The number of hydrogen-bond acceptors (Lipinski definition) is 5. The maximum atomic E-state index is 13.1. The fourth-order valence-corrected chi connectivity index (χ4v) is 4.96. The summed E-state index contributed by atoms with van der Waals surface area (Å²) in [5.74, 6) is 0.535. The van der Waals surface area contributed by atoms with Crippen LogP contribution in [0.3, 0.4) is 0 Å². The summed E-state index contributed by atoms with van der Waals surface area (Å²) in [6, 6.07) is 10.6. The van der Waals surface area contributed by atoms with Crippen molar-refractivity contribution in [1.29, 1.82) is 0 Å². The largest absolute Gasteiger partial charge is 0.508 e. The quantitative estimate of drug-likeness (QED) is 0.715. The van der Waals surface area contributed by atoms with Gasteiger partial charge in [-0.3, -0.25) is 14.5 Å². The Morgan fingerprint density at radius 2 is 1.94 bits per heavy atom. The van der Waals surface area contributed by atoms with Gasteiger partial charge in [0.15, 0.2) is 12.4 Å². The van der Waals surface area contributed by atoms with E-state index in [-0.39, 0.29) is 36.6 Å². The topological polar surface area (TPSA) is 82.4 Å². The van der Waals surface area contributed by atoms with Crippen LogP contribution >= 0.6 is 23.2 Å². The van der Waals surface area contributed by atoms with Crippen LogP contribution in [0, 0.1) is 0 Å². The molecule has 9 heteroatoms. The number of aromatic hydroxyl groups is 1. The molecule has 2 aromatic rings. The predicted molar refractivity (Wildman–Crippen MR) is 124 cm³/mol. The fraction of sp³-hybridized carbons (Fsp3) is 0.292. The van der Waals surface area contributed by atoms with Gasteiger partial charge in [-0.25, -0.2) is 4.99 Å². The molecule has 0 bridgehead atoms. The molecule has 0 saturated heterocycles. The third-order valence-corrected chi connectivity index (χ3v) is 6.56. The van der Waals surface area contributed by atoms with Gasteiger partial charge in [0.1, 0.15) is 18.1 Å². The summed E-state index contributed by atoms with van der Waals surface area (Å²) in [5.41, 5.74) is 2.94. The van der Waals surface area contributed by atoms with Gasteiger partial charge in [-0.15, -0.1) is 0 Å². The highest BCUT2D eigenvalue weighted by Crippen LogP contribution is 2.35. The van der Waals surface area contributed by atoms with Crippen molar-refractivity contribution in [3.8, 4) is 5.75 Å². The highest BCUT2D eigenvalue weighted by Gasteiger charge is 2.34. The SMILES string of the molecule is O=C(CN1C(=O)COC2=C1N=CC(c1cc(Cl)cc(Cl)c1)C2)N1CCc2ccc(O)cc2C1. The number of carbonyl (C=O) groups excluding carboxylic acids is 2. The number of allylic oxidation sites excluding steroid dienone is 1. The number of hydrogen-bond donors (Lipinski definition) is 1. The zero-order valence-corrected chi connectivity index (χ0v) is 19.1. The van der Waals surface area contributed by atoms with Gasteiger partial charge < -0.3 is 14.7 Å². The number of fused-ring (bicyclic) bond motifs is 1. The van der Waals surface area contributed by atoms with Crippen molar-refractivity contribution in [3.05, 3.63) is 74.7 Å². The van der Waals surface area contributed by atoms with E-state index in [0.29, 0.717) is 47.6 Å². The lowest BCUT2D eigenvalue weighted by Crippen LogP contribution is -2.47. The third-order valence-electron chi connectivity index (χ3n) is 6.12. The predicted octanol–water partition coefficient (Wildman–Crippen LogP) is 3.87. The molecule has 0 fully saturated rings. The molecule has 33 heavy (non-hydrogen) atoms. The minimum absolute atomic E-state index is 0.100. The summed E-state index contributed by atoms with van der Waals surface area (Å²) in [6.45, 7) is 0.706. The van der Waals surface area contributed by atoms with Crippen molar-refractivity contribution in [1.82, 2.24) is 9.80 Å². The first kappa shape index (κ1) is 21.8. The van der Waals surface area contributed by atoms with E-state index in [0.717, 1.165) is 16.7 Å². The van der Waals surface area contributed by atoms with Crippen LogP contribution in [-0.2, 0) is 27.3 Å². The monoisotopic (exact) mass is 485 g/mol. The van der Waals surface area contributed by atoms with Crippen molar-refractivity contribution in [3.63, 3.8) is 0 Å². The number of nitrogens with zero attached hydrogens (tertiary/aromatic N) is 3. The summed E-state index contributed by atoms with van der Waals surface area (Å²) < 4.78 is 5.68. The summed E-state index contributed by atoms with van der Waals surface area (Å²) in [5, 5.41) is 10.8. The van der Waals surface area contributed by atoms with Crippen LogP contribution in [-0.4, -0.2) is 52.6 Å². The van der Waals surface area contributed by atoms with Gasteiger partial charge in [0, 0.05) is 41.7 Å². The summed E-state index contributed by atoms with van der Waals surface area (Å²) in [7, 11) is 0. The van der Waals surface area contributed by atoms with Gasteiger partial charge in [0.25, 0.3) is 5.91 Å². The van der Waals surface area contributed by atoms with Crippen LogP contribution in [0.2, 0.25) is 10.0 Å². The number of ether oxygens (including phenoxy) is 1. The van der Waals surface area contributed by atoms with Crippen LogP contribution < -0.4 is 0 Å². The van der Waals surface area contributed by atoms with Gasteiger partial charge >= 0.3 is 0 Å². The van der Waals surface area contributed by atoms with E-state index in [1.807, 2.05) is 18.2 Å². The second-order valence-corrected chi connectivity index (χ2v) is 9.20. The second kappa shape index (κ2) is 8.72. The Morgan fingerprint density at radius 3 is 2.73 bits per heavy atom. The normalized spacial score (nSPS) is 19.8. The number of aliphatic imine (C=N–C) groups is 1. The maximum absolute atomic E-state index is 13.1. The minimum Gasteiger partial charge on any atom is -0.508 e. The minimum atomic E-state index is -0.307. The number of benzene rings is 2. The second-order valence-electron chi connectivity index (χ2n) is 8.33. The Balaban J connectivity index is 1.32. The molecule has 7 nitrogen and oxygen atoms in total. The standard InChI is InChI=1S/C24H21Cl2N3O4/c25-18-5-15(6-19(26)9-18)16-8-21-24(27-10-16)29(23(32)13-33-21)12-22(31)28-4-3-14-1-2-20(30)7-17(14)11-28/h1-2,5-7,9-10,16,30H,3-4,8,11-13H2. The molecule has 0 aromatic heterocycles.